The highest BCUT2D eigenvalue weighted by atomic mass is 28.1. The van der Waals surface area contributed by atoms with Crippen LogP contribution < -0.4 is 0 Å². The van der Waals surface area contributed by atoms with Gasteiger partial charge in [0.1, 0.15) is 0 Å². The smallest absolute Gasteiger partial charge is 0.380 e. The van der Waals surface area contributed by atoms with Gasteiger partial charge < -0.3 is 4.74 Å². The van der Waals surface area contributed by atoms with Crippen LogP contribution >= 0.6 is 0 Å². The molecule has 2 heteroatoms. The molecule has 2 aliphatic rings. The highest BCUT2D eigenvalue weighted by Crippen LogP contribution is 2.34. The van der Waals surface area contributed by atoms with Crippen molar-refractivity contribution in [2.75, 3.05) is 6.61 Å². The molecule has 0 radical (unpaired) electrons. The molecule has 0 aromatic heterocycles. The first-order valence-electron chi connectivity index (χ1n) is 6.42. The molecule has 1 unspecified atom stereocenters. The maximum Gasteiger partial charge on any atom is 1.00 e. The Morgan fingerprint density at radius 1 is 1.14 bits per heavy atom. The van der Waals surface area contributed by atoms with Gasteiger partial charge in [0.05, 0.1) is 0 Å². The lowest BCUT2D eigenvalue weighted by atomic mass is 9.84. The van der Waals surface area contributed by atoms with Crippen LogP contribution in [-0.2, 0) is 4.74 Å². The van der Waals surface area contributed by atoms with E-state index in [2.05, 4.69) is 0 Å². The van der Waals surface area contributed by atoms with Crippen LogP contribution in [-0.4, -0.2) is 22.1 Å². The van der Waals surface area contributed by atoms with Gasteiger partial charge in [-0.3, -0.25) is 0 Å². The van der Waals surface area contributed by atoms with Crippen LogP contribution in [0.4, 0.5) is 0 Å². The van der Waals surface area contributed by atoms with Crippen molar-refractivity contribution < 1.29 is 6.16 Å². The summed E-state index contributed by atoms with van der Waals surface area (Å²) in [6, 6.07) is 0. The normalized spacial score (nSPS) is 36.0. The predicted molar refractivity (Wildman–Crippen MR) is 64.8 cm³/mol. The van der Waals surface area contributed by atoms with E-state index in [1.165, 1.54) is 68.0 Å². The van der Waals surface area contributed by atoms with Crippen molar-refractivity contribution in [3.05, 3.63) is 0 Å². The van der Waals surface area contributed by atoms with E-state index in [1.54, 1.807) is 0 Å². The Kier molecular flexibility index (Phi) is 3.66. The maximum absolute atomic E-state index is 6.03. The van der Waals surface area contributed by atoms with Crippen LogP contribution in [0, 0.1) is 5.92 Å². The molecule has 0 aromatic carbocycles. The first-order chi connectivity index (χ1) is 6.79. The summed E-state index contributed by atoms with van der Waals surface area (Å²) in [7, 11) is 1.24. The van der Waals surface area contributed by atoms with Gasteiger partial charge in [0.25, 0.3) is 0 Å². The van der Waals surface area contributed by atoms with Crippen molar-refractivity contribution in [2.24, 2.45) is 5.92 Å². The number of hydrogen-bond acceptors (Lipinski definition) is 1. The number of rotatable bonds is 2. The van der Waals surface area contributed by atoms with Crippen LogP contribution in [0.5, 0.6) is 0 Å². The molecular formula is C12H25OSi+. The minimum absolute atomic E-state index is 0. The Morgan fingerprint density at radius 3 is 2.57 bits per heavy atom. The van der Waals surface area contributed by atoms with Crippen LogP contribution in [0.15, 0.2) is 0 Å². The molecule has 1 saturated carbocycles. The van der Waals surface area contributed by atoms with Crippen LogP contribution in [0.2, 0.25) is 0 Å². The van der Waals surface area contributed by atoms with Gasteiger partial charge in [-0.1, -0.05) is 32.1 Å². The summed E-state index contributed by atoms with van der Waals surface area (Å²) in [5.41, 5.74) is 0. The lowest BCUT2D eigenvalue weighted by Crippen LogP contribution is -2.39. The van der Waals surface area contributed by atoms with Crippen molar-refractivity contribution in [3.8, 4) is 0 Å². The molecule has 1 aliphatic carbocycles. The van der Waals surface area contributed by atoms with Crippen LogP contribution in [0.1, 0.15) is 59.2 Å². The average molecular weight is 213 g/mol. The summed E-state index contributed by atoms with van der Waals surface area (Å²) in [6.07, 6.45) is 12.8. The van der Waals surface area contributed by atoms with Gasteiger partial charge in [0, 0.05) is 22.1 Å². The highest BCUT2D eigenvalue weighted by Gasteiger charge is 2.31. The summed E-state index contributed by atoms with van der Waals surface area (Å²) >= 11 is 0. The monoisotopic (exact) mass is 213 g/mol. The summed E-state index contributed by atoms with van der Waals surface area (Å²) in [5, 5.41) is 0.375. The van der Waals surface area contributed by atoms with Crippen molar-refractivity contribution in [1.82, 2.24) is 0 Å². The quantitative estimate of drug-likeness (QED) is 0.640. The number of hydrogen-bond donors (Lipinski definition) is 0. The maximum atomic E-state index is 6.03. The Bertz CT molecular complexity index is 174. The molecular weight excluding hydrogens is 188 g/mol. The zero-order chi connectivity index (χ0) is 9.86. The molecule has 14 heavy (non-hydrogen) atoms. The largest absolute Gasteiger partial charge is 1.00 e. The fourth-order valence-electron chi connectivity index (χ4n) is 3.15. The van der Waals surface area contributed by atoms with E-state index in [1.807, 2.05) is 0 Å². The first-order valence-corrected chi connectivity index (χ1v) is 7.42. The van der Waals surface area contributed by atoms with Gasteiger partial charge in [-0.05, 0) is 31.6 Å². The Morgan fingerprint density at radius 2 is 1.93 bits per heavy atom. The molecule has 2 fully saturated rings. The molecule has 1 aliphatic heterocycles. The molecule has 1 nitrogen and oxygen atoms in total. The summed E-state index contributed by atoms with van der Waals surface area (Å²) < 4.78 is 6.03. The topological polar surface area (TPSA) is 9.23 Å². The van der Waals surface area contributed by atoms with Gasteiger partial charge in [-0.2, -0.15) is 0 Å². The molecule has 0 bridgehead atoms. The van der Waals surface area contributed by atoms with Gasteiger partial charge in [0.15, 0.2) is 0 Å². The van der Waals surface area contributed by atoms with E-state index in [4.69, 9.17) is 4.74 Å². The second-order valence-electron chi connectivity index (χ2n) is 5.46. The minimum Gasteiger partial charge on any atom is -0.380 e. The van der Waals surface area contributed by atoms with Crippen molar-refractivity contribution in [1.29, 1.82) is 0 Å². The van der Waals surface area contributed by atoms with E-state index in [9.17, 15) is 0 Å². The fourth-order valence-corrected chi connectivity index (χ4v) is 4.29. The van der Waals surface area contributed by atoms with Crippen molar-refractivity contribution in [2.45, 2.75) is 63.0 Å². The van der Waals surface area contributed by atoms with Crippen LogP contribution in [0.3, 0.4) is 0 Å². The second kappa shape index (κ2) is 4.80. The molecule has 0 amide bonds. The number of ether oxygens (including phenoxy) is 1. The van der Waals surface area contributed by atoms with Gasteiger partial charge in [-0.25, -0.2) is 0 Å². The summed E-state index contributed by atoms with van der Waals surface area (Å²) in [5.74, 6) is 0.999. The Hall–Kier alpha value is 0.177. The van der Waals surface area contributed by atoms with Crippen LogP contribution in [0.25, 0.3) is 0 Å². The zero-order valence-corrected chi connectivity index (χ0v) is 11.6. The molecule has 82 valence electrons. The molecule has 0 aromatic rings. The van der Waals surface area contributed by atoms with E-state index in [0.717, 1.165) is 12.5 Å². The Labute approximate surface area is 92.5 Å². The van der Waals surface area contributed by atoms with E-state index in [-0.39, 0.29) is 1.43 Å². The fraction of sp³-hybridized carbons (Fsp3) is 1.00. The predicted octanol–water partition coefficient (Wildman–Crippen LogP) is 2.33. The molecule has 0 N–H and O–H groups in total. The Balaban J connectivity index is 0.00000112. The lowest BCUT2D eigenvalue weighted by Gasteiger charge is -2.38. The molecule has 2 rings (SSSR count). The summed E-state index contributed by atoms with van der Waals surface area (Å²) in [6.45, 7) is 1.04. The van der Waals surface area contributed by atoms with E-state index < -0.39 is 0 Å². The first kappa shape index (κ1) is 10.7. The van der Waals surface area contributed by atoms with Gasteiger partial charge >= 0.3 is 1.43 Å². The standard InChI is InChI=1S/C12H24OSi/c14-12(8-4-5-9-13-12)10-11-6-2-1-3-7-11/h11H,1-10H2,14H3/p+1. The highest BCUT2D eigenvalue weighted by molar-refractivity contribution is 6.14. The molecule has 1 heterocycles. The zero-order valence-electron chi connectivity index (χ0n) is 10.6. The lowest BCUT2D eigenvalue weighted by molar-refractivity contribution is -0.0349. The third-order valence-electron chi connectivity index (χ3n) is 4.00. The second-order valence-corrected chi connectivity index (χ2v) is 7.29. The minimum atomic E-state index is 0. The molecule has 1 saturated heterocycles. The van der Waals surface area contributed by atoms with Gasteiger partial charge in [-0.15, -0.1) is 0 Å². The van der Waals surface area contributed by atoms with Crippen molar-refractivity contribution in [3.63, 3.8) is 0 Å². The van der Waals surface area contributed by atoms with Gasteiger partial charge in [0.2, 0.25) is 0 Å². The van der Waals surface area contributed by atoms with Crippen molar-refractivity contribution >= 4 is 10.2 Å². The molecule has 1 atom stereocenters. The third-order valence-corrected chi connectivity index (χ3v) is 5.19. The molecule has 0 spiro atoms. The van der Waals surface area contributed by atoms with E-state index in [0.29, 0.717) is 5.22 Å². The third kappa shape index (κ3) is 2.83. The summed E-state index contributed by atoms with van der Waals surface area (Å²) in [4.78, 5) is 0. The average Bonchev–Trinajstić information content (AvgIpc) is 2.19. The SMILES string of the molecule is [H+].[SiH3]C1(CC2CCCCC2)CCCCO1. The van der Waals surface area contributed by atoms with E-state index >= 15 is 0 Å².